The fourth-order valence-corrected chi connectivity index (χ4v) is 5.74. The van der Waals surface area contributed by atoms with Gasteiger partial charge in [-0.15, -0.1) is 5.10 Å². The summed E-state index contributed by atoms with van der Waals surface area (Å²) in [6.45, 7) is 6.03. The molecule has 8 nitrogen and oxygen atoms in total. The Morgan fingerprint density at radius 3 is 2.43 bits per heavy atom. The van der Waals surface area contributed by atoms with Crippen molar-refractivity contribution in [1.29, 1.82) is 0 Å². The lowest BCUT2D eigenvalue weighted by Gasteiger charge is -2.48. The van der Waals surface area contributed by atoms with Crippen LogP contribution in [0.4, 0.5) is 5.82 Å². The highest BCUT2D eigenvalue weighted by Crippen LogP contribution is 2.42. The van der Waals surface area contributed by atoms with Crippen molar-refractivity contribution in [2.75, 3.05) is 31.1 Å². The standard InChI is InChI=1S/C26H29ClN6O2/c1-17-13-33(14-18(2)26(17,35)23-6-3-4-10-28-23)25(34)21-16-32(24-7-5-11-30-31-24)15-20(21)22-9-8-19(27)12-29-22/h3-12,17-18,20-21,35H,13-16H2,1-2H3/t17-,18+,20-,21-,26-/m1/s1. The smallest absolute Gasteiger partial charge is 0.228 e. The molecule has 1 amide bonds. The number of aromatic nitrogens is 4. The Kier molecular flexibility index (Phi) is 6.42. The summed E-state index contributed by atoms with van der Waals surface area (Å²) in [5.41, 5.74) is 0.406. The number of carbonyl (C=O) groups is 1. The van der Waals surface area contributed by atoms with Gasteiger partial charge in [-0.3, -0.25) is 14.8 Å². The lowest BCUT2D eigenvalue weighted by atomic mass is 9.72. The number of carbonyl (C=O) groups excluding carboxylic acids is 1. The van der Waals surface area contributed by atoms with E-state index in [2.05, 4.69) is 25.1 Å². The molecule has 0 spiro atoms. The van der Waals surface area contributed by atoms with Crippen LogP contribution in [-0.2, 0) is 10.4 Å². The maximum Gasteiger partial charge on any atom is 0.228 e. The number of hydrogen-bond acceptors (Lipinski definition) is 7. The van der Waals surface area contributed by atoms with Crippen LogP contribution in [-0.4, -0.2) is 62.3 Å². The van der Waals surface area contributed by atoms with E-state index in [0.29, 0.717) is 36.9 Å². The van der Waals surface area contributed by atoms with E-state index in [4.69, 9.17) is 11.6 Å². The van der Waals surface area contributed by atoms with Gasteiger partial charge >= 0.3 is 0 Å². The molecule has 182 valence electrons. The van der Waals surface area contributed by atoms with Gasteiger partial charge in [0.15, 0.2) is 5.82 Å². The van der Waals surface area contributed by atoms with E-state index in [-0.39, 0.29) is 29.6 Å². The number of likely N-dealkylation sites (tertiary alicyclic amines) is 1. The molecule has 0 unspecified atom stereocenters. The van der Waals surface area contributed by atoms with E-state index in [1.54, 1.807) is 18.6 Å². The van der Waals surface area contributed by atoms with Gasteiger partial charge in [0.2, 0.25) is 5.91 Å². The maximum atomic E-state index is 14.0. The van der Waals surface area contributed by atoms with E-state index in [1.807, 2.05) is 61.2 Å². The van der Waals surface area contributed by atoms with Gasteiger partial charge in [-0.2, -0.15) is 5.10 Å². The van der Waals surface area contributed by atoms with Gasteiger partial charge < -0.3 is 14.9 Å². The predicted molar refractivity (Wildman–Crippen MR) is 133 cm³/mol. The first-order valence-corrected chi connectivity index (χ1v) is 12.3. The largest absolute Gasteiger partial charge is 0.383 e. The SMILES string of the molecule is C[C@@H]1CN(C(=O)[C@@H]2CN(c3cccnn3)C[C@H]2c2ccc(Cl)cn2)C[C@H](C)[C@@]1(O)c1ccccn1. The molecule has 9 heteroatoms. The minimum atomic E-state index is -1.09. The van der Waals surface area contributed by atoms with Crippen LogP contribution in [0.2, 0.25) is 5.02 Å². The fourth-order valence-electron chi connectivity index (χ4n) is 5.63. The quantitative estimate of drug-likeness (QED) is 0.597. The fraction of sp³-hybridized carbons (Fsp3) is 0.423. The zero-order valence-electron chi connectivity index (χ0n) is 19.8. The van der Waals surface area contributed by atoms with Gasteiger partial charge in [0.25, 0.3) is 0 Å². The molecule has 5 heterocycles. The van der Waals surface area contributed by atoms with Crippen molar-refractivity contribution in [3.63, 3.8) is 0 Å². The molecular formula is C26H29ClN6O2. The summed E-state index contributed by atoms with van der Waals surface area (Å²) in [5, 5.41) is 20.5. The van der Waals surface area contributed by atoms with Crippen LogP contribution in [0.25, 0.3) is 0 Å². The number of halogens is 1. The number of pyridine rings is 2. The van der Waals surface area contributed by atoms with Gasteiger partial charge in [-0.1, -0.05) is 31.5 Å². The molecule has 3 aromatic rings. The van der Waals surface area contributed by atoms with Crippen molar-refractivity contribution < 1.29 is 9.90 Å². The van der Waals surface area contributed by atoms with Gasteiger partial charge in [0.05, 0.1) is 16.6 Å². The van der Waals surface area contributed by atoms with E-state index in [0.717, 1.165) is 11.5 Å². The molecule has 0 radical (unpaired) electrons. The Morgan fingerprint density at radius 1 is 1.00 bits per heavy atom. The second-order valence-corrected chi connectivity index (χ2v) is 10.1. The number of piperidine rings is 1. The topological polar surface area (TPSA) is 95.3 Å². The summed E-state index contributed by atoms with van der Waals surface area (Å²) in [4.78, 5) is 27.0. The van der Waals surface area contributed by atoms with Crippen LogP contribution in [0.5, 0.6) is 0 Å². The molecule has 2 fully saturated rings. The van der Waals surface area contributed by atoms with Gasteiger partial charge in [0.1, 0.15) is 5.60 Å². The van der Waals surface area contributed by atoms with Crippen LogP contribution in [0.15, 0.2) is 61.1 Å². The average Bonchev–Trinajstić information content (AvgIpc) is 3.33. The Balaban J connectivity index is 1.41. The molecule has 2 saturated heterocycles. The summed E-state index contributed by atoms with van der Waals surface area (Å²) >= 11 is 6.08. The molecule has 0 aliphatic carbocycles. The summed E-state index contributed by atoms with van der Waals surface area (Å²) < 4.78 is 0. The minimum Gasteiger partial charge on any atom is -0.383 e. The molecule has 2 aliphatic rings. The normalized spacial score (nSPS) is 28.8. The molecule has 0 saturated carbocycles. The van der Waals surface area contributed by atoms with Crippen molar-refractivity contribution in [1.82, 2.24) is 25.1 Å². The van der Waals surface area contributed by atoms with Crippen LogP contribution in [0.1, 0.15) is 31.2 Å². The van der Waals surface area contributed by atoms with Gasteiger partial charge in [-0.25, -0.2) is 0 Å². The average molecular weight is 493 g/mol. The Labute approximate surface area is 210 Å². The van der Waals surface area contributed by atoms with Crippen molar-refractivity contribution in [2.45, 2.75) is 25.4 Å². The second-order valence-electron chi connectivity index (χ2n) is 9.69. The van der Waals surface area contributed by atoms with Crippen molar-refractivity contribution in [3.05, 3.63) is 77.5 Å². The third kappa shape index (κ3) is 4.36. The molecular weight excluding hydrogens is 464 g/mol. The first kappa shape index (κ1) is 23.6. The highest BCUT2D eigenvalue weighted by molar-refractivity contribution is 6.30. The summed E-state index contributed by atoms with van der Waals surface area (Å²) in [6, 6.07) is 13.1. The van der Waals surface area contributed by atoms with Crippen LogP contribution < -0.4 is 4.90 Å². The molecule has 5 rings (SSSR count). The third-order valence-electron chi connectivity index (χ3n) is 7.53. The number of nitrogens with zero attached hydrogens (tertiary/aromatic N) is 6. The molecule has 5 atom stereocenters. The Hall–Kier alpha value is -3.10. The lowest BCUT2D eigenvalue weighted by molar-refractivity contribution is -0.153. The van der Waals surface area contributed by atoms with E-state index < -0.39 is 5.60 Å². The Morgan fingerprint density at radius 2 is 1.80 bits per heavy atom. The Bertz CT molecular complexity index is 1150. The second kappa shape index (κ2) is 9.51. The zero-order valence-corrected chi connectivity index (χ0v) is 20.6. The highest BCUT2D eigenvalue weighted by Gasteiger charge is 2.50. The lowest BCUT2D eigenvalue weighted by Crippen LogP contribution is -2.57. The molecule has 35 heavy (non-hydrogen) atoms. The third-order valence-corrected chi connectivity index (χ3v) is 7.75. The molecule has 0 aromatic carbocycles. The van der Waals surface area contributed by atoms with Crippen molar-refractivity contribution in [2.24, 2.45) is 17.8 Å². The van der Waals surface area contributed by atoms with Gasteiger partial charge in [-0.05, 0) is 36.4 Å². The maximum absolute atomic E-state index is 14.0. The summed E-state index contributed by atoms with van der Waals surface area (Å²) in [5.74, 6) is 0.0612. The van der Waals surface area contributed by atoms with E-state index >= 15 is 0 Å². The van der Waals surface area contributed by atoms with Crippen LogP contribution in [0, 0.1) is 17.8 Å². The minimum absolute atomic E-state index is 0.0694. The van der Waals surface area contributed by atoms with Crippen LogP contribution >= 0.6 is 11.6 Å². The van der Waals surface area contributed by atoms with Crippen molar-refractivity contribution >= 4 is 23.3 Å². The monoisotopic (exact) mass is 492 g/mol. The number of aliphatic hydroxyl groups is 1. The predicted octanol–water partition coefficient (Wildman–Crippen LogP) is 3.14. The number of rotatable bonds is 4. The van der Waals surface area contributed by atoms with E-state index in [1.165, 1.54) is 0 Å². The summed E-state index contributed by atoms with van der Waals surface area (Å²) in [6.07, 6.45) is 4.97. The molecule has 2 aliphatic heterocycles. The molecule has 1 N–H and O–H groups in total. The first-order chi connectivity index (χ1) is 16.9. The number of hydrogen-bond donors (Lipinski definition) is 1. The van der Waals surface area contributed by atoms with Gasteiger partial charge in [0, 0.05) is 68.2 Å². The molecule has 0 bridgehead atoms. The zero-order chi connectivity index (χ0) is 24.6. The van der Waals surface area contributed by atoms with Crippen LogP contribution in [0.3, 0.4) is 0 Å². The summed E-state index contributed by atoms with van der Waals surface area (Å²) in [7, 11) is 0. The first-order valence-electron chi connectivity index (χ1n) is 11.9. The number of anilines is 1. The van der Waals surface area contributed by atoms with E-state index in [9.17, 15) is 9.90 Å². The molecule has 3 aromatic heterocycles. The highest BCUT2D eigenvalue weighted by atomic mass is 35.5. The van der Waals surface area contributed by atoms with Crippen molar-refractivity contribution in [3.8, 4) is 0 Å². The number of amides is 1.